The summed E-state index contributed by atoms with van der Waals surface area (Å²) in [6.45, 7) is 1.54. The Bertz CT molecular complexity index is 1030. The van der Waals surface area contributed by atoms with Crippen LogP contribution in [0.4, 0.5) is 5.82 Å². The molecule has 0 saturated heterocycles. The minimum absolute atomic E-state index is 0.0265. The second-order valence-corrected chi connectivity index (χ2v) is 6.62. The van der Waals surface area contributed by atoms with Crippen LogP contribution in [0.3, 0.4) is 0 Å². The van der Waals surface area contributed by atoms with Crippen molar-refractivity contribution in [2.24, 2.45) is 0 Å². The standard InChI is InChI=1S/C14H11N5O4S2/c1-7-11(21)17-14-19(18-7)9(5-25-14)16-10(20)6-24-12-8(13(22)23)3-2-4-15-12/h2-5H,6H2,1H3,(H,16,20)(H,22,23). The van der Waals surface area contributed by atoms with Gasteiger partial charge >= 0.3 is 5.97 Å². The Hall–Kier alpha value is -2.79. The number of anilines is 1. The molecule has 0 radical (unpaired) electrons. The lowest BCUT2D eigenvalue weighted by molar-refractivity contribution is -0.113. The number of thioether (sulfide) groups is 1. The smallest absolute Gasteiger partial charge is 0.338 e. The summed E-state index contributed by atoms with van der Waals surface area (Å²) >= 11 is 2.20. The predicted molar refractivity (Wildman–Crippen MR) is 92.4 cm³/mol. The van der Waals surface area contributed by atoms with Crippen molar-refractivity contribution in [1.29, 1.82) is 0 Å². The maximum atomic E-state index is 12.1. The first-order valence-electron chi connectivity index (χ1n) is 6.92. The topological polar surface area (TPSA) is 127 Å². The predicted octanol–water partition coefficient (Wildman–Crippen LogP) is 1.28. The number of carbonyl (C=O) groups excluding carboxylic acids is 1. The maximum absolute atomic E-state index is 12.1. The fraction of sp³-hybridized carbons (Fsp3) is 0.143. The van der Waals surface area contributed by atoms with Crippen molar-refractivity contribution >= 4 is 45.8 Å². The zero-order valence-electron chi connectivity index (χ0n) is 12.8. The van der Waals surface area contributed by atoms with Gasteiger partial charge in [-0.15, -0.1) is 11.3 Å². The van der Waals surface area contributed by atoms with Gasteiger partial charge in [0.05, 0.1) is 11.3 Å². The summed E-state index contributed by atoms with van der Waals surface area (Å²) in [7, 11) is 0. The first-order chi connectivity index (χ1) is 12.0. The normalized spacial score (nSPS) is 10.8. The van der Waals surface area contributed by atoms with Crippen LogP contribution in [0, 0.1) is 6.92 Å². The van der Waals surface area contributed by atoms with Crippen LogP contribution in [0.25, 0.3) is 4.96 Å². The highest BCUT2D eigenvalue weighted by Gasteiger charge is 2.14. The van der Waals surface area contributed by atoms with Crippen LogP contribution in [0.15, 0.2) is 33.5 Å². The lowest BCUT2D eigenvalue weighted by Crippen LogP contribution is -2.19. The second kappa shape index (κ2) is 6.99. The van der Waals surface area contributed by atoms with E-state index < -0.39 is 11.5 Å². The zero-order chi connectivity index (χ0) is 18.0. The van der Waals surface area contributed by atoms with Gasteiger partial charge in [-0.1, -0.05) is 11.8 Å². The van der Waals surface area contributed by atoms with E-state index in [9.17, 15) is 14.4 Å². The third-order valence-corrected chi connectivity index (χ3v) is 4.87. The molecule has 11 heteroatoms. The molecule has 3 rings (SSSR count). The van der Waals surface area contributed by atoms with E-state index in [1.807, 2.05) is 0 Å². The van der Waals surface area contributed by atoms with Gasteiger partial charge in [-0.25, -0.2) is 9.78 Å². The fourth-order valence-electron chi connectivity index (χ4n) is 1.91. The molecule has 0 aliphatic carbocycles. The number of nitrogens with zero attached hydrogens (tertiary/aromatic N) is 4. The van der Waals surface area contributed by atoms with E-state index in [1.165, 1.54) is 41.1 Å². The largest absolute Gasteiger partial charge is 0.478 e. The summed E-state index contributed by atoms with van der Waals surface area (Å²) in [4.78, 5) is 43.0. The van der Waals surface area contributed by atoms with Gasteiger partial charge in [0.15, 0.2) is 0 Å². The van der Waals surface area contributed by atoms with Crippen LogP contribution in [-0.4, -0.2) is 42.3 Å². The van der Waals surface area contributed by atoms with Crippen molar-refractivity contribution < 1.29 is 14.7 Å². The van der Waals surface area contributed by atoms with E-state index in [-0.39, 0.29) is 27.9 Å². The van der Waals surface area contributed by atoms with E-state index in [0.29, 0.717) is 10.8 Å². The first-order valence-corrected chi connectivity index (χ1v) is 8.78. The van der Waals surface area contributed by atoms with Crippen LogP contribution >= 0.6 is 23.1 Å². The number of amides is 1. The van der Waals surface area contributed by atoms with Crippen LogP contribution in [0.2, 0.25) is 0 Å². The van der Waals surface area contributed by atoms with Gasteiger partial charge in [0, 0.05) is 11.6 Å². The van der Waals surface area contributed by atoms with Gasteiger partial charge < -0.3 is 10.4 Å². The van der Waals surface area contributed by atoms with E-state index in [1.54, 1.807) is 5.38 Å². The molecule has 0 fully saturated rings. The van der Waals surface area contributed by atoms with E-state index >= 15 is 0 Å². The highest BCUT2D eigenvalue weighted by molar-refractivity contribution is 8.00. The summed E-state index contributed by atoms with van der Waals surface area (Å²) < 4.78 is 1.38. The average Bonchev–Trinajstić information content (AvgIpc) is 2.95. The van der Waals surface area contributed by atoms with Crippen LogP contribution in [0.1, 0.15) is 16.1 Å². The van der Waals surface area contributed by atoms with E-state index in [4.69, 9.17) is 5.11 Å². The Labute approximate surface area is 148 Å². The van der Waals surface area contributed by atoms with Gasteiger partial charge in [0.25, 0.3) is 5.56 Å². The highest BCUT2D eigenvalue weighted by Crippen LogP contribution is 2.21. The Kier molecular flexibility index (Phi) is 4.76. The first kappa shape index (κ1) is 17.0. The number of aryl methyl sites for hydroxylation is 1. The van der Waals surface area contributed by atoms with Crippen LogP contribution in [0.5, 0.6) is 0 Å². The second-order valence-electron chi connectivity index (χ2n) is 4.82. The van der Waals surface area contributed by atoms with Gasteiger partial charge in [0.1, 0.15) is 16.5 Å². The number of carbonyl (C=O) groups is 2. The number of fused-ring (bicyclic) bond motifs is 1. The summed E-state index contributed by atoms with van der Waals surface area (Å²) in [5.74, 6) is -1.10. The Morgan fingerprint density at radius 1 is 1.44 bits per heavy atom. The molecular weight excluding hydrogens is 366 g/mol. The molecule has 128 valence electrons. The van der Waals surface area contributed by atoms with Crippen LogP contribution in [-0.2, 0) is 4.79 Å². The van der Waals surface area contributed by atoms with Crippen molar-refractivity contribution in [1.82, 2.24) is 19.6 Å². The van der Waals surface area contributed by atoms with E-state index in [0.717, 1.165) is 11.8 Å². The number of pyridine rings is 1. The van der Waals surface area contributed by atoms with Crippen molar-refractivity contribution in [3.8, 4) is 0 Å². The number of nitrogens with one attached hydrogen (secondary N) is 1. The lowest BCUT2D eigenvalue weighted by atomic mass is 10.3. The Morgan fingerprint density at radius 3 is 3.00 bits per heavy atom. The number of rotatable bonds is 5. The molecule has 9 nitrogen and oxygen atoms in total. The maximum Gasteiger partial charge on any atom is 0.338 e. The molecule has 3 heterocycles. The van der Waals surface area contributed by atoms with Gasteiger partial charge in [-0.2, -0.15) is 14.6 Å². The Morgan fingerprint density at radius 2 is 2.24 bits per heavy atom. The molecule has 0 aromatic carbocycles. The number of carboxylic acids is 1. The third-order valence-electron chi connectivity index (χ3n) is 3.05. The fourth-order valence-corrected chi connectivity index (χ4v) is 3.44. The molecule has 2 N–H and O–H groups in total. The molecule has 3 aromatic heterocycles. The number of carboxylic acid groups (broad SMARTS) is 1. The number of thiazole rings is 1. The molecule has 0 aliphatic heterocycles. The molecule has 3 aromatic rings. The van der Waals surface area contributed by atoms with Crippen molar-refractivity contribution in [2.45, 2.75) is 11.9 Å². The van der Waals surface area contributed by atoms with Crippen molar-refractivity contribution in [3.05, 3.63) is 45.3 Å². The van der Waals surface area contributed by atoms with E-state index in [2.05, 4.69) is 20.4 Å². The lowest BCUT2D eigenvalue weighted by Gasteiger charge is -2.06. The SMILES string of the molecule is Cc1nn2c(NC(=O)CSc3ncccc3C(=O)O)csc2nc1=O. The van der Waals surface area contributed by atoms with Crippen molar-refractivity contribution in [2.75, 3.05) is 11.1 Å². The molecule has 0 bridgehead atoms. The average molecular weight is 377 g/mol. The minimum Gasteiger partial charge on any atom is -0.478 e. The summed E-state index contributed by atoms with van der Waals surface area (Å²) in [6.07, 6.45) is 1.47. The Balaban J connectivity index is 1.73. The number of aromatic carboxylic acids is 1. The number of hydrogen-bond acceptors (Lipinski definition) is 8. The summed E-state index contributed by atoms with van der Waals surface area (Å²) in [6, 6.07) is 2.95. The molecule has 0 atom stereocenters. The molecule has 0 unspecified atom stereocenters. The molecule has 1 amide bonds. The monoisotopic (exact) mass is 377 g/mol. The van der Waals surface area contributed by atoms with Crippen LogP contribution < -0.4 is 10.9 Å². The van der Waals surface area contributed by atoms with Crippen molar-refractivity contribution in [3.63, 3.8) is 0 Å². The molecule has 0 spiro atoms. The third kappa shape index (κ3) is 3.67. The number of hydrogen-bond donors (Lipinski definition) is 2. The molecule has 0 aliphatic rings. The summed E-state index contributed by atoms with van der Waals surface area (Å²) in [5.41, 5.74) is -0.146. The molecule has 0 saturated carbocycles. The molecule has 25 heavy (non-hydrogen) atoms. The summed E-state index contributed by atoms with van der Waals surface area (Å²) in [5, 5.41) is 17.7. The number of aromatic nitrogens is 4. The highest BCUT2D eigenvalue weighted by atomic mass is 32.2. The van der Waals surface area contributed by atoms with Gasteiger partial charge in [-0.05, 0) is 19.1 Å². The van der Waals surface area contributed by atoms with Gasteiger partial charge in [-0.3, -0.25) is 9.59 Å². The zero-order valence-corrected chi connectivity index (χ0v) is 14.4. The molecular formula is C14H11N5O4S2. The minimum atomic E-state index is -1.10. The van der Waals surface area contributed by atoms with Gasteiger partial charge in [0.2, 0.25) is 10.9 Å². The quantitative estimate of drug-likeness (QED) is 0.637.